The SMILES string of the molecule is CCCCS(CCCC)(CC(=O)C(C)C)OS(=O)(=O)C(F)(F)F. The number of carbonyl (C=O) groups is 1. The van der Waals surface area contributed by atoms with Crippen molar-refractivity contribution < 1.29 is 30.0 Å². The maximum absolute atomic E-state index is 12.7. The molecule has 0 heterocycles. The lowest BCUT2D eigenvalue weighted by molar-refractivity contribution is -0.119. The van der Waals surface area contributed by atoms with Crippen LogP contribution in [-0.2, 0) is 18.5 Å². The molecule has 0 saturated heterocycles. The molecule has 0 fully saturated rings. The first-order chi connectivity index (χ1) is 10.4. The number of halogens is 3. The van der Waals surface area contributed by atoms with E-state index in [1.807, 2.05) is 13.8 Å². The Bertz CT molecular complexity index is 465. The summed E-state index contributed by atoms with van der Waals surface area (Å²) in [6.07, 6.45) is 2.42. The van der Waals surface area contributed by atoms with E-state index in [2.05, 4.69) is 0 Å². The summed E-state index contributed by atoms with van der Waals surface area (Å²) in [7, 11) is -8.37. The lowest BCUT2D eigenvalue weighted by Crippen LogP contribution is -2.32. The molecule has 140 valence electrons. The predicted octanol–water partition coefficient (Wildman–Crippen LogP) is 4.40. The molecule has 0 atom stereocenters. The van der Waals surface area contributed by atoms with E-state index in [1.165, 1.54) is 0 Å². The van der Waals surface area contributed by atoms with Gasteiger partial charge in [0.2, 0.25) is 0 Å². The summed E-state index contributed by atoms with van der Waals surface area (Å²) in [5.74, 6) is -0.485. The van der Waals surface area contributed by atoms with E-state index < -0.39 is 25.9 Å². The van der Waals surface area contributed by atoms with Crippen LogP contribution in [-0.4, -0.2) is 37.0 Å². The third kappa shape index (κ3) is 7.43. The number of ketones is 1. The molecule has 0 aromatic rings. The first-order valence-electron chi connectivity index (χ1n) is 7.72. The second kappa shape index (κ2) is 9.27. The number of unbranched alkanes of at least 4 members (excludes halogenated alkanes) is 2. The van der Waals surface area contributed by atoms with Crippen LogP contribution in [0, 0.1) is 5.92 Å². The van der Waals surface area contributed by atoms with E-state index in [1.54, 1.807) is 13.8 Å². The third-order valence-electron chi connectivity index (χ3n) is 3.31. The minimum atomic E-state index is -5.70. The smallest absolute Gasteiger partial charge is 0.298 e. The summed E-state index contributed by atoms with van der Waals surface area (Å²) in [5, 5.41) is 0. The Kier molecular flexibility index (Phi) is 9.15. The second-order valence-corrected chi connectivity index (χ2v) is 10.8. The molecule has 0 aliphatic carbocycles. The summed E-state index contributed by atoms with van der Waals surface area (Å²) >= 11 is 0. The van der Waals surface area contributed by atoms with Crippen LogP contribution >= 0.6 is 10.3 Å². The van der Waals surface area contributed by atoms with Gasteiger partial charge in [-0.05, 0) is 12.8 Å². The first-order valence-corrected chi connectivity index (χ1v) is 11.2. The topological polar surface area (TPSA) is 60.4 Å². The van der Waals surface area contributed by atoms with Crippen molar-refractivity contribution in [2.24, 2.45) is 5.92 Å². The van der Waals surface area contributed by atoms with Crippen LogP contribution in [0.25, 0.3) is 0 Å². The Morgan fingerprint density at radius 2 is 1.48 bits per heavy atom. The molecule has 0 aliphatic rings. The third-order valence-corrected chi connectivity index (χ3v) is 8.62. The van der Waals surface area contributed by atoms with Crippen molar-refractivity contribution in [1.82, 2.24) is 0 Å². The van der Waals surface area contributed by atoms with Crippen LogP contribution in [0.4, 0.5) is 13.2 Å². The van der Waals surface area contributed by atoms with Gasteiger partial charge in [0.1, 0.15) is 5.78 Å². The molecule has 0 aliphatic heterocycles. The highest BCUT2D eigenvalue weighted by Gasteiger charge is 2.51. The van der Waals surface area contributed by atoms with Crippen LogP contribution < -0.4 is 0 Å². The van der Waals surface area contributed by atoms with Gasteiger partial charge >= 0.3 is 15.6 Å². The minimum Gasteiger partial charge on any atom is -0.298 e. The Labute approximate surface area is 138 Å². The molecule has 4 nitrogen and oxygen atoms in total. The first kappa shape index (κ1) is 22.7. The highest BCUT2D eigenvalue weighted by atomic mass is 32.3. The Morgan fingerprint density at radius 3 is 1.78 bits per heavy atom. The molecule has 23 heavy (non-hydrogen) atoms. The average molecular weight is 380 g/mol. The normalized spacial score (nSPS) is 14.3. The van der Waals surface area contributed by atoms with Gasteiger partial charge in [0.05, 0.1) is 5.75 Å². The Balaban J connectivity index is 5.64. The summed E-state index contributed by atoms with van der Waals surface area (Å²) in [5.41, 5.74) is -5.47. The molecule has 0 rings (SSSR count). The van der Waals surface area contributed by atoms with Crippen molar-refractivity contribution in [3.05, 3.63) is 0 Å². The number of hydrogen-bond acceptors (Lipinski definition) is 4. The largest absolute Gasteiger partial charge is 0.523 e. The van der Waals surface area contributed by atoms with Crippen LogP contribution in [0.1, 0.15) is 53.4 Å². The fraction of sp³-hybridized carbons (Fsp3) is 0.929. The Morgan fingerprint density at radius 1 is 1.04 bits per heavy atom. The number of hydrogen-bond donors (Lipinski definition) is 0. The zero-order valence-electron chi connectivity index (χ0n) is 14.1. The van der Waals surface area contributed by atoms with Crippen LogP contribution in [0.3, 0.4) is 0 Å². The highest BCUT2D eigenvalue weighted by molar-refractivity contribution is 8.33. The predicted molar refractivity (Wildman–Crippen MR) is 87.9 cm³/mol. The van der Waals surface area contributed by atoms with Gasteiger partial charge in [0.25, 0.3) is 0 Å². The standard InChI is InChI=1S/C14H27F3O4S2/c1-5-7-9-22(10-8-6-2,11-13(18)12(3)4)21-23(19,20)14(15,16)17/h12H,5-11H2,1-4H3. The van der Waals surface area contributed by atoms with Gasteiger partial charge in [-0.3, -0.25) is 4.79 Å². The van der Waals surface area contributed by atoms with Crippen molar-refractivity contribution >= 4 is 26.2 Å². The van der Waals surface area contributed by atoms with E-state index in [9.17, 15) is 26.4 Å². The minimum absolute atomic E-state index is 0.192. The summed E-state index contributed by atoms with van der Waals surface area (Å²) in [6, 6.07) is 0. The van der Waals surface area contributed by atoms with Crippen LogP contribution in [0.15, 0.2) is 0 Å². The van der Waals surface area contributed by atoms with E-state index in [4.69, 9.17) is 3.63 Å². The van der Waals surface area contributed by atoms with E-state index in [0.717, 1.165) is 0 Å². The van der Waals surface area contributed by atoms with Crippen molar-refractivity contribution in [2.75, 3.05) is 17.3 Å². The monoisotopic (exact) mass is 380 g/mol. The number of Topliss-reactive ketones (excluding diaryl/α,β-unsaturated/α-hetero) is 1. The van der Waals surface area contributed by atoms with Crippen molar-refractivity contribution in [1.29, 1.82) is 0 Å². The number of carbonyl (C=O) groups excluding carboxylic acids is 1. The molecule has 0 aromatic heterocycles. The molecule has 0 radical (unpaired) electrons. The zero-order chi connectivity index (χ0) is 18.3. The lowest BCUT2D eigenvalue weighted by atomic mass is 10.1. The van der Waals surface area contributed by atoms with E-state index in [-0.39, 0.29) is 29.0 Å². The molecule has 0 amide bonds. The van der Waals surface area contributed by atoms with Gasteiger partial charge in [-0.25, -0.2) is 3.63 Å². The van der Waals surface area contributed by atoms with Crippen molar-refractivity contribution in [2.45, 2.75) is 58.9 Å². The lowest BCUT2D eigenvalue weighted by Gasteiger charge is -2.38. The second-order valence-electron chi connectivity index (χ2n) is 5.81. The van der Waals surface area contributed by atoms with Crippen molar-refractivity contribution in [3.8, 4) is 0 Å². The molecule has 0 unspecified atom stereocenters. The summed E-state index contributed by atoms with van der Waals surface area (Å²) in [4.78, 5) is 12.1. The quantitative estimate of drug-likeness (QED) is 0.499. The fourth-order valence-corrected chi connectivity index (χ4v) is 7.35. The average Bonchev–Trinajstić information content (AvgIpc) is 2.41. The molecule has 0 N–H and O–H groups in total. The maximum atomic E-state index is 12.7. The van der Waals surface area contributed by atoms with Gasteiger partial charge in [0.15, 0.2) is 0 Å². The van der Waals surface area contributed by atoms with Crippen LogP contribution in [0.2, 0.25) is 0 Å². The fourth-order valence-electron chi connectivity index (χ4n) is 1.81. The maximum Gasteiger partial charge on any atom is 0.523 e. The number of rotatable bonds is 11. The van der Waals surface area contributed by atoms with Gasteiger partial charge in [-0.1, -0.05) is 40.5 Å². The molecule has 9 heteroatoms. The molecular weight excluding hydrogens is 353 g/mol. The highest BCUT2D eigenvalue weighted by Crippen LogP contribution is 2.54. The zero-order valence-corrected chi connectivity index (χ0v) is 15.7. The van der Waals surface area contributed by atoms with Crippen LogP contribution in [0.5, 0.6) is 0 Å². The van der Waals surface area contributed by atoms with Gasteiger partial charge in [-0.15, -0.1) is 10.3 Å². The molecule has 0 spiro atoms. The van der Waals surface area contributed by atoms with Gasteiger partial charge < -0.3 is 0 Å². The molecule has 0 saturated carbocycles. The Hall–Kier alpha value is -0.280. The van der Waals surface area contributed by atoms with E-state index in [0.29, 0.717) is 25.7 Å². The molecular formula is C14H27F3O4S2. The van der Waals surface area contributed by atoms with Crippen molar-refractivity contribution in [3.63, 3.8) is 0 Å². The van der Waals surface area contributed by atoms with Gasteiger partial charge in [-0.2, -0.15) is 21.6 Å². The summed E-state index contributed by atoms with van der Waals surface area (Å²) in [6.45, 7) is 6.99. The summed E-state index contributed by atoms with van der Waals surface area (Å²) < 4.78 is 65.9. The van der Waals surface area contributed by atoms with E-state index >= 15 is 0 Å². The van der Waals surface area contributed by atoms with Gasteiger partial charge in [0, 0.05) is 17.4 Å². The molecule has 0 aromatic carbocycles. The molecule has 0 bridgehead atoms. The number of alkyl halides is 3.